The van der Waals surface area contributed by atoms with Crippen LogP contribution in [-0.4, -0.2) is 88.5 Å². The van der Waals surface area contributed by atoms with Crippen LogP contribution in [0.4, 0.5) is 14.6 Å². The Bertz CT molecular complexity index is 1280. The van der Waals surface area contributed by atoms with Gasteiger partial charge in [-0.25, -0.2) is 14.5 Å². The van der Waals surface area contributed by atoms with Gasteiger partial charge in [-0.1, -0.05) is 18.2 Å². The molecule has 3 fully saturated rings. The summed E-state index contributed by atoms with van der Waals surface area (Å²) in [6.45, 7) is 9.78. The summed E-state index contributed by atoms with van der Waals surface area (Å²) in [6, 6.07) is 7.31. The van der Waals surface area contributed by atoms with Crippen LogP contribution in [0.5, 0.6) is 0 Å². The van der Waals surface area contributed by atoms with E-state index in [1.165, 1.54) is 16.2 Å². The zero-order valence-corrected chi connectivity index (χ0v) is 23.8. The van der Waals surface area contributed by atoms with Crippen LogP contribution in [0, 0.1) is 0 Å². The predicted molar refractivity (Wildman–Crippen MR) is 150 cm³/mol. The Morgan fingerprint density at radius 1 is 1.08 bits per heavy atom. The second kappa shape index (κ2) is 10.8. The topological polar surface area (TPSA) is 111 Å². The molecule has 1 aromatic heterocycles. The quantitative estimate of drug-likeness (QED) is 0.571. The van der Waals surface area contributed by atoms with E-state index < -0.39 is 11.7 Å². The van der Waals surface area contributed by atoms with E-state index in [2.05, 4.69) is 15.5 Å². The lowest BCUT2D eigenvalue weighted by molar-refractivity contribution is -0.143. The highest BCUT2D eigenvalue weighted by molar-refractivity contribution is 7.23. The average molecular weight is 556 g/mol. The van der Waals surface area contributed by atoms with Crippen molar-refractivity contribution in [3.8, 4) is 0 Å². The number of imide groups is 1. The van der Waals surface area contributed by atoms with Crippen LogP contribution < -0.4 is 10.6 Å². The molecule has 0 aliphatic carbocycles. The van der Waals surface area contributed by atoms with E-state index in [-0.39, 0.29) is 36.0 Å². The fraction of sp³-hybridized carbons (Fsp3) is 0.571. The number of hydrogen-bond acceptors (Lipinski definition) is 7. The first-order valence-electron chi connectivity index (χ1n) is 13.8. The molecule has 3 aliphatic heterocycles. The highest BCUT2D eigenvalue weighted by Gasteiger charge is 2.56. The van der Waals surface area contributed by atoms with Crippen molar-refractivity contribution in [3.63, 3.8) is 0 Å². The van der Waals surface area contributed by atoms with Crippen molar-refractivity contribution in [3.05, 3.63) is 29.8 Å². The number of fused-ring (bicyclic) bond motifs is 1. The number of thiophene rings is 1. The van der Waals surface area contributed by atoms with Crippen LogP contribution in [0.1, 0.15) is 63.7 Å². The van der Waals surface area contributed by atoms with Crippen molar-refractivity contribution in [1.29, 1.82) is 0 Å². The maximum Gasteiger partial charge on any atom is 0.418 e. The Hall–Kier alpha value is -3.18. The summed E-state index contributed by atoms with van der Waals surface area (Å²) in [5, 5.41) is 7.11. The lowest BCUT2D eigenvalue weighted by Crippen LogP contribution is -2.58. The molecule has 1 aromatic carbocycles. The number of nitrogens with one attached hydrogen (secondary N) is 2. The number of rotatable bonds is 5. The molecule has 0 bridgehead atoms. The zero-order chi connectivity index (χ0) is 27.9. The summed E-state index contributed by atoms with van der Waals surface area (Å²) >= 11 is 1.40. The van der Waals surface area contributed by atoms with Crippen molar-refractivity contribution in [2.24, 2.45) is 0 Å². The van der Waals surface area contributed by atoms with Crippen LogP contribution in [0.3, 0.4) is 0 Å². The summed E-state index contributed by atoms with van der Waals surface area (Å²) in [5.41, 5.74) is -0.568. The number of likely N-dealkylation sites (tertiary alicyclic amines) is 2. The van der Waals surface area contributed by atoms with E-state index in [4.69, 9.17) is 4.74 Å². The number of piperidine rings is 2. The molecule has 0 saturated carbocycles. The molecule has 2 aromatic rings. The molecule has 39 heavy (non-hydrogen) atoms. The number of ether oxygens (including phenoxy) is 1. The summed E-state index contributed by atoms with van der Waals surface area (Å²) in [5.74, 6) is -0.320. The van der Waals surface area contributed by atoms with Crippen molar-refractivity contribution >= 4 is 50.4 Å². The molecule has 10 nitrogen and oxygen atoms in total. The fourth-order valence-corrected chi connectivity index (χ4v) is 7.06. The Balaban J connectivity index is 1.28. The van der Waals surface area contributed by atoms with E-state index in [1.807, 2.05) is 56.9 Å². The van der Waals surface area contributed by atoms with Gasteiger partial charge in [0.05, 0.1) is 5.56 Å². The van der Waals surface area contributed by atoms with Crippen LogP contribution in [-0.2, 0) is 9.53 Å². The van der Waals surface area contributed by atoms with Crippen LogP contribution in [0.2, 0.25) is 0 Å². The molecule has 1 atom stereocenters. The van der Waals surface area contributed by atoms with Crippen LogP contribution in [0.25, 0.3) is 10.1 Å². The monoisotopic (exact) mass is 555 g/mol. The number of carbonyl (C=O) groups is 4. The largest absolute Gasteiger partial charge is 0.431 e. The van der Waals surface area contributed by atoms with Crippen molar-refractivity contribution in [1.82, 2.24) is 20.0 Å². The molecular formula is C28H37N5O5S. The lowest BCUT2D eigenvalue weighted by atomic mass is 9.89. The first-order valence-corrected chi connectivity index (χ1v) is 14.6. The smallest absolute Gasteiger partial charge is 0.418 e. The van der Waals surface area contributed by atoms with Gasteiger partial charge in [0.2, 0.25) is 5.60 Å². The molecule has 0 radical (unpaired) electrons. The molecule has 4 heterocycles. The Morgan fingerprint density at radius 3 is 2.46 bits per heavy atom. The number of anilines is 1. The number of amides is 5. The van der Waals surface area contributed by atoms with Crippen molar-refractivity contribution < 1.29 is 23.9 Å². The third-order valence-electron chi connectivity index (χ3n) is 7.81. The molecule has 5 rings (SSSR count). The average Bonchev–Trinajstić information content (AvgIpc) is 3.36. The van der Waals surface area contributed by atoms with Gasteiger partial charge in [0, 0.05) is 47.8 Å². The normalized spacial score (nSPS) is 22.8. The molecular weight excluding hydrogens is 518 g/mol. The minimum Gasteiger partial charge on any atom is -0.431 e. The second-order valence-corrected chi connectivity index (χ2v) is 12.3. The van der Waals surface area contributed by atoms with Gasteiger partial charge in [-0.2, -0.15) is 0 Å². The Kier molecular flexibility index (Phi) is 7.56. The molecule has 5 amide bonds. The molecule has 2 N–H and O–H groups in total. The summed E-state index contributed by atoms with van der Waals surface area (Å²) in [4.78, 5) is 57.3. The molecule has 3 aliphatic rings. The highest BCUT2D eigenvalue weighted by atomic mass is 32.1. The van der Waals surface area contributed by atoms with Gasteiger partial charge in [-0.3, -0.25) is 19.8 Å². The van der Waals surface area contributed by atoms with E-state index in [0.29, 0.717) is 36.6 Å². The first-order chi connectivity index (χ1) is 18.6. The molecule has 11 heteroatoms. The summed E-state index contributed by atoms with van der Waals surface area (Å²) < 4.78 is 6.65. The minimum atomic E-state index is -1.10. The van der Waals surface area contributed by atoms with E-state index in [1.54, 1.807) is 0 Å². The number of carbonyl (C=O) groups excluding carboxylic acids is 4. The summed E-state index contributed by atoms with van der Waals surface area (Å²) in [6.07, 6.45) is 2.29. The van der Waals surface area contributed by atoms with Gasteiger partial charge < -0.3 is 15.0 Å². The van der Waals surface area contributed by atoms with Gasteiger partial charge in [0.15, 0.2) is 0 Å². The van der Waals surface area contributed by atoms with E-state index in [9.17, 15) is 19.2 Å². The fourth-order valence-electron chi connectivity index (χ4n) is 5.97. The molecule has 1 spiro atoms. The van der Waals surface area contributed by atoms with Crippen LogP contribution >= 0.6 is 11.3 Å². The van der Waals surface area contributed by atoms with Crippen molar-refractivity contribution in [2.75, 3.05) is 31.5 Å². The molecule has 210 valence electrons. The second-order valence-electron chi connectivity index (χ2n) is 11.3. The maximum atomic E-state index is 13.8. The Morgan fingerprint density at radius 2 is 1.79 bits per heavy atom. The number of benzene rings is 1. The van der Waals surface area contributed by atoms with Gasteiger partial charge in [-0.05, 0) is 66.0 Å². The third kappa shape index (κ3) is 5.21. The standard InChI is InChI=1S/C28H37N5O5S/c1-17(2)29-26(36)30-23-22(20-8-5-6-9-21(20)39-23)24(34)31-14-10-19(11-15-31)32-13-7-12-28(16-32)25(35)33(18(3)4)27(37)38-28/h5-6,8-9,17-19H,7,10-16H2,1-4H3,(H2,29,30,36). The number of hydrogen-bond donors (Lipinski definition) is 2. The molecule has 1 unspecified atom stereocenters. The lowest BCUT2D eigenvalue weighted by Gasteiger charge is -2.44. The molecule has 3 saturated heterocycles. The van der Waals surface area contributed by atoms with Gasteiger partial charge >= 0.3 is 12.1 Å². The summed E-state index contributed by atoms with van der Waals surface area (Å²) in [7, 11) is 0. The number of nitrogens with zero attached hydrogens (tertiary/aromatic N) is 3. The minimum absolute atomic E-state index is 0.0250. The van der Waals surface area contributed by atoms with Gasteiger partial charge in [0.25, 0.3) is 11.8 Å². The first kappa shape index (κ1) is 27.4. The van der Waals surface area contributed by atoms with Gasteiger partial charge in [-0.15, -0.1) is 11.3 Å². The van der Waals surface area contributed by atoms with Crippen molar-refractivity contribution in [2.45, 2.75) is 77.1 Å². The zero-order valence-electron chi connectivity index (χ0n) is 23.0. The van der Waals surface area contributed by atoms with E-state index >= 15 is 0 Å². The SMILES string of the molecule is CC(C)NC(=O)Nc1sc2ccccc2c1C(=O)N1CCC(N2CCCC3(C2)OC(=O)N(C(C)C)C3=O)CC1. The maximum absolute atomic E-state index is 13.8. The highest BCUT2D eigenvalue weighted by Crippen LogP contribution is 2.38. The predicted octanol–water partition coefficient (Wildman–Crippen LogP) is 4.26. The Labute approximate surface area is 232 Å². The van der Waals surface area contributed by atoms with Crippen LogP contribution in [0.15, 0.2) is 24.3 Å². The van der Waals surface area contributed by atoms with Gasteiger partial charge in [0.1, 0.15) is 5.00 Å². The number of urea groups is 1. The third-order valence-corrected chi connectivity index (χ3v) is 8.90. The van der Waals surface area contributed by atoms with E-state index in [0.717, 1.165) is 35.9 Å².